The Bertz CT molecular complexity index is 1410. The highest BCUT2D eigenvalue weighted by atomic mass is 16.6. The lowest BCUT2D eigenvalue weighted by molar-refractivity contribution is -0.141. The van der Waals surface area contributed by atoms with E-state index in [0.29, 0.717) is 23.8 Å². The van der Waals surface area contributed by atoms with Gasteiger partial charge in [0.1, 0.15) is 23.8 Å². The van der Waals surface area contributed by atoms with Gasteiger partial charge < -0.3 is 18.6 Å². The van der Waals surface area contributed by atoms with Crippen LogP contribution in [0.4, 0.5) is 4.79 Å². The van der Waals surface area contributed by atoms with E-state index in [1.807, 2.05) is 73.7 Å². The number of amides is 1. The lowest BCUT2D eigenvalue weighted by Crippen LogP contribution is -2.37. The van der Waals surface area contributed by atoms with Crippen molar-refractivity contribution >= 4 is 18.1 Å². The Balaban J connectivity index is 1.38. The molecule has 4 rings (SSSR count). The SMILES string of the molecule is COC(=O)CN(Cc1ccc(/C=C\Cc2nc(-c3ccccc3)oc2C)cc1)C(=O)Oc1ccc(OC)cc1. The zero-order chi connectivity index (χ0) is 27.6. The van der Waals surface area contributed by atoms with Crippen LogP contribution in [0.15, 0.2) is 89.4 Å². The van der Waals surface area contributed by atoms with E-state index >= 15 is 0 Å². The second-order valence-corrected chi connectivity index (χ2v) is 8.71. The van der Waals surface area contributed by atoms with E-state index in [1.54, 1.807) is 31.4 Å². The van der Waals surface area contributed by atoms with Crippen LogP contribution in [-0.4, -0.2) is 42.7 Å². The predicted octanol–water partition coefficient (Wildman–Crippen LogP) is 6.09. The van der Waals surface area contributed by atoms with Gasteiger partial charge in [-0.15, -0.1) is 0 Å². The molecule has 4 aromatic rings. The van der Waals surface area contributed by atoms with Gasteiger partial charge in [0.2, 0.25) is 5.89 Å². The van der Waals surface area contributed by atoms with Gasteiger partial charge in [-0.2, -0.15) is 0 Å². The van der Waals surface area contributed by atoms with E-state index < -0.39 is 12.1 Å². The standard InChI is InChI=1S/C31H30N2O6/c1-22-28(32-30(38-22)25-9-5-4-6-10-25)11-7-8-23-12-14-24(15-13-23)20-33(21-29(34)37-3)31(35)39-27-18-16-26(36-2)17-19-27/h4-10,12-19H,11,20-21H2,1-3H3/b8-7-. The number of rotatable bonds is 10. The molecular weight excluding hydrogens is 496 g/mol. The van der Waals surface area contributed by atoms with E-state index in [-0.39, 0.29) is 13.1 Å². The van der Waals surface area contributed by atoms with Crippen molar-refractivity contribution in [3.63, 3.8) is 0 Å². The Hall–Kier alpha value is -4.85. The smallest absolute Gasteiger partial charge is 0.416 e. The van der Waals surface area contributed by atoms with Gasteiger partial charge in [0.15, 0.2) is 0 Å². The zero-order valence-corrected chi connectivity index (χ0v) is 22.1. The largest absolute Gasteiger partial charge is 0.497 e. The number of carbonyl (C=O) groups excluding carboxylic acids is 2. The third kappa shape index (κ3) is 7.58. The Kier molecular flexibility index (Phi) is 9.13. The molecule has 0 aliphatic rings. The second kappa shape index (κ2) is 13.1. The predicted molar refractivity (Wildman–Crippen MR) is 147 cm³/mol. The number of allylic oxidation sites excluding steroid dienone is 1. The zero-order valence-electron chi connectivity index (χ0n) is 22.1. The van der Waals surface area contributed by atoms with Gasteiger partial charge in [-0.25, -0.2) is 9.78 Å². The first-order valence-corrected chi connectivity index (χ1v) is 12.4. The maximum absolute atomic E-state index is 12.8. The average Bonchev–Trinajstić information content (AvgIpc) is 3.34. The topological polar surface area (TPSA) is 91.1 Å². The summed E-state index contributed by atoms with van der Waals surface area (Å²) in [6, 6.07) is 24.1. The molecule has 1 heterocycles. The van der Waals surface area contributed by atoms with E-state index in [9.17, 15) is 9.59 Å². The lowest BCUT2D eigenvalue weighted by atomic mass is 10.1. The first-order valence-electron chi connectivity index (χ1n) is 12.4. The molecule has 1 amide bonds. The summed E-state index contributed by atoms with van der Waals surface area (Å²) >= 11 is 0. The number of oxazole rings is 1. The van der Waals surface area contributed by atoms with Gasteiger partial charge >= 0.3 is 12.1 Å². The molecular formula is C31H30N2O6. The molecule has 39 heavy (non-hydrogen) atoms. The van der Waals surface area contributed by atoms with Gasteiger partial charge in [0.25, 0.3) is 0 Å². The Morgan fingerprint density at radius 1 is 0.923 bits per heavy atom. The summed E-state index contributed by atoms with van der Waals surface area (Å²) in [5.41, 5.74) is 3.65. The Labute approximate surface area is 227 Å². The number of aryl methyl sites for hydroxylation is 1. The first kappa shape index (κ1) is 27.2. The van der Waals surface area contributed by atoms with Crippen LogP contribution in [0.25, 0.3) is 17.5 Å². The van der Waals surface area contributed by atoms with Crippen molar-refractivity contribution in [1.29, 1.82) is 0 Å². The van der Waals surface area contributed by atoms with Crippen molar-refractivity contribution in [2.45, 2.75) is 19.9 Å². The quantitative estimate of drug-likeness (QED) is 0.231. The van der Waals surface area contributed by atoms with E-state index in [0.717, 1.165) is 28.1 Å². The number of aromatic nitrogens is 1. The van der Waals surface area contributed by atoms with Crippen LogP contribution in [0, 0.1) is 6.92 Å². The van der Waals surface area contributed by atoms with Crippen molar-refractivity contribution in [2.24, 2.45) is 0 Å². The molecule has 0 radical (unpaired) electrons. The number of benzene rings is 3. The summed E-state index contributed by atoms with van der Waals surface area (Å²) < 4.78 is 21.2. The van der Waals surface area contributed by atoms with E-state index in [1.165, 1.54) is 12.0 Å². The van der Waals surface area contributed by atoms with Gasteiger partial charge in [0.05, 0.1) is 19.9 Å². The van der Waals surface area contributed by atoms with Gasteiger partial charge in [0, 0.05) is 18.5 Å². The van der Waals surface area contributed by atoms with Crippen LogP contribution < -0.4 is 9.47 Å². The summed E-state index contributed by atoms with van der Waals surface area (Å²) in [7, 11) is 2.83. The molecule has 0 saturated heterocycles. The second-order valence-electron chi connectivity index (χ2n) is 8.71. The highest BCUT2D eigenvalue weighted by Crippen LogP contribution is 2.22. The average molecular weight is 527 g/mol. The lowest BCUT2D eigenvalue weighted by Gasteiger charge is -2.21. The molecule has 1 aromatic heterocycles. The number of nitrogens with zero attached hydrogens (tertiary/aromatic N) is 2. The van der Waals surface area contributed by atoms with Crippen molar-refractivity contribution < 1.29 is 28.2 Å². The van der Waals surface area contributed by atoms with E-state index in [4.69, 9.17) is 18.6 Å². The third-order valence-electron chi connectivity index (χ3n) is 5.96. The van der Waals surface area contributed by atoms with E-state index in [2.05, 4.69) is 4.98 Å². The number of methoxy groups -OCH3 is 2. The van der Waals surface area contributed by atoms with Crippen LogP contribution in [0.2, 0.25) is 0 Å². The summed E-state index contributed by atoms with van der Waals surface area (Å²) in [5, 5.41) is 0. The molecule has 0 N–H and O–H groups in total. The van der Waals surface area contributed by atoms with Crippen molar-refractivity contribution in [3.05, 3.63) is 108 Å². The minimum Gasteiger partial charge on any atom is -0.497 e. The molecule has 0 saturated carbocycles. The van der Waals surface area contributed by atoms with Gasteiger partial charge in [-0.3, -0.25) is 9.69 Å². The fraction of sp³-hybridized carbons (Fsp3) is 0.194. The first-order chi connectivity index (χ1) is 18.9. The maximum Gasteiger partial charge on any atom is 0.416 e. The molecule has 0 atom stereocenters. The van der Waals surface area contributed by atoms with Crippen LogP contribution in [0.5, 0.6) is 11.5 Å². The van der Waals surface area contributed by atoms with Crippen LogP contribution >= 0.6 is 0 Å². The van der Waals surface area contributed by atoms with Crippen molar-refractivity contribution in [3.8, 4) is 23.0 Å². The minimum absolute atomic E-state index is 0.175. The monoisotopic (exact) mass is 526 g/mol. The highest BCUT2D eigenvalue weighted by Gasteiger charge is 2.20. The molecule has 0 spiro atoms. The fourth-order valence-electron chi connectivity index (χ4n) is 3.80. The summed E-state index contributed by atoms with van der Waals surface area (Å²) in [5.74, 6) is 1.85. The molecule has 0 aliphatic heterocycles. The Morgan fingerprint density at radius 2 is 1.62 bits per heavy atom. The summed E-state index contributed by atoms with van der Waals surface area (Å²) in [6.45, 7) is 1.85. The number of hydrogen-bond acceptors (Lipinski definition) is 7. The number of esters is 1. The van der Waals surface area contributed by atoms with Gasteiger partial charge in [-0.1, -0.05) is 54.6 Å². The van der Waals surface area contributed by atoms with Gasteiger partial charge in [-0.05, 0) is 54.4 Å². The molecule has 8 nitrogen and oxygen atoms in total. The molecule has 0 unspecified atom stereocenters. The van der Waals surface area contributed by atoms with Crippen molar-refractivity contribution in [1.82, 2.24) is 9.88 Å². The molecule has 200 valence electrons. The molecule has 8 heteroatoms. The molecule has 0 fully saturated rings. The number of carbonyl (C=O) groups is 2. The van der Waals surface area contributed by atoms with Crippen LogP contribution in [0.3, 0.4) is 0 Å². The minimum atomic E-state index is -0.660. The maximum atomic E-state index is 12.8. The summed E-state index contributed by atoms with van der Waals surface area (Å²) in [6.07, 6.45) is 4.01. The molecule has 3 aromatic carbocycles. The summed E-state index contributed by atoms with van der Waals surface area (Å²) in [4.78, 5) is 30.7. The third-order valence-corrected chi connectivity index (χ3v) is 5.96. The van der Waals surface area contributed by atoms with Crippen molar-refractivity contribution in [2.75, 3.05) is 20.8 Å². The molecule has 0 bridgehead atoms. The van der Waals surface area contributed by atoms with Crippen LogP contribution in [0.1, 0.15) is 22.6 Å². The number of hydrogen-bond donors (Lipinski definition) is 0. The Morgan fingerprint density at radius 3 is 2.28 bits per heavy atom. The number of ether oxygens (including phenoxy) is 3. The molecule has 0 aliphatic carbocycles. The fourth-order valence-corrected chi connectivity index (χ4v) is 3.80. The van der Waals surface area contributed by atoms with Crippen LogP contribution in [-0.2, 0) is 22.5 Å². The highest BCUT2D eigenvalue weighted by molar-refractivity contribution is 5.79. The normalized spacial score (nSPS) is 10.8.